The predicted octanol–water partition coefficient (Wildman–Crippen LogP) is 2.55. The summed E-state index contributed by atoms with van der Waals surface area (Å²) in [5.41, 5.74) is 7.62. The zero-order chi connectivity index (χ0) is 18.1. The van der Waals surface area contributed by atoms with Crippen LogP contribution in [0.4, 0.5) is 11.4 Å². The molecule has 0 radical (unpaired) electrons. The highest BCUT2D eigenvalue weighted by atomic mass is 16.5. The topological polar surface area (TPSA) is 93.5 Å². The molecule has 2 aromatic carbocycles. The minimum absolute atomic E-state index is 0.115. The van der Waals surface area contributed by atoms with Crippen LogP contribution in [0.1, 0.15) is 18.9 Å². The maximum atomic E-state index is 12.1. The summed E-state index contributed by atoms with van der Waals surface area (Å²) in [6.45, 7) is 2.23. The molecule has 0 aliphatic rings. The van der Waals surface area contributed by atoms with Crippen molar-refractivity contribution in [3.05, 3.63) is 54.1 Å². The van der Waals surface area contributed by atoms with Gasteiger partial charge in [0.15, 0.2) is 6.61 Å². The molecule has 0 saturated carbocycles. The molecular weight excluding hydrogens is 318 g/mol. The van der Waals surface area contributed by atoms with E-state index in [0.29, 0.717) is 17.1 Å². The highest BCUT2D eigenvalue weighted by molar-refractivity contribution is 5.99. The summed E-state index contributed by atoms with van der Waals surface area (Å²) in [5, 5.41) is 5.47. The first-order valence-electron chi connectivity index (χ1n) is 8.23. The maximum absolute atomic E-state index is 12.1. The minimum atomic E-state index is -0.305. The summed E-state index contributed by atoms with van der Waals surface area (Å²) in [5.74, 6) is 0.133. The second kappa shape index (κ2) is 9.44. The molecule has 0 unspecified atom stereocenters. The van der Waals surface area contributed by atoms with Gasteiger partial charge in [0.2, 0.25) is 5.91 Å². The molecule has 0 spiro atoms. The average molecular weight is 341 g/mol. The lowest BCUT2D eigenvalue weighted by Crippen LogP contribution is -2.22. The lowest BCUT2D eigenvalue weighted by atomic mass is 10.2. The number of aryl methyl sites for hydroxylation is 1. The molecule has 0 atom stereocenters. The van der Waals surface area contributed by atoms with Crippen molar-refractivity contribution >= 4 is 23.2 Å². The number of para-hydroxylation sites is 2. The van der Waals surface area contributed by atoms with Crippen LogP contribution < -0.4 is 21.1 Å². The second-order valence-corrected chi connectivity index (χ2v) is 5.47. The molecular formula is C19H23N3O3. The van der Waals surface area contributed by atoms with E-state index in [1.165, 1.54) is 5.56 Å². The van der Waals surface area contributed by atoms with Gasteiger partial charge >= 0.3 is 0 Å². The van der Waals surface area contributed by atoms with Crippen molar-refractivity contribution in [3.8, 4) is 5.75 Å². The van der Waals surface area contributed by atoms with Crippen molar-refractivity contribution in [2.75, 3.05) is 23.8 Å². The fourth-order valence-corrected chi connectivity index (χ4v) is 2.20. The lowest BCUT2D eigenvalue weighted by molar-refractivity contribution is -0.118. The first-order chi connectivity index (χ1) is 12.1. The van der Waals surface area contributed by atoms with Crippen LogP contribution in [0.5, 0.6) is 5.75 Å². The Labute approximate surface area is 147 Å². The van der Waals surface area contributed by atoms with Crippen molar-refractivity contribution in [2.45, 2.75) is 19.8 Å². The van der Waals surface area contributed by atoms with E-state index in [1.807, 2.05) is 24.3 Å². The normalized spacial score (nSPS) is 10.2. The van der Waals surface area contributed by atoms with E-state index in [2.05, 4.69) is 17.6 Å². The molecule has 0 aliphatic carbocycles. The number of benzene rings is 2. The molecule has 0 bridgehead atoms. The van der Waals surface area contributed by atoms with Gasteiger partial charge in [0.1, 0.15) is 5.75 Å². The van der Waals surface area contributed by atoms with Gasteiger partial charge in [-0.1, -0.05) is 31.2 Å². The summed E-state index contributed by atoms with van der Waals surface area (Å²) in [4.78, 5) is 23.8. The number of hydrogen-bond donors (Lipinski definition) is 3. The molecule has 2 amide bonds. The number of carbonyl (C=O) groups is 2. The van der Waals surface area contributed by atoms with Crippen molar-refractivity contribution in [1.82, 2.24) is 0 Å². The number of anilines is 2. The van der Waals surface area contributed by atoms with Crippen LogP contribution in [0, 0.1) is 0 Å². The van der Waals surface area contributed by atoms with E-state index in [9.17, 15) is 9.59 Å². The number of hydrogen-bond acceptors (Lipinski definition) is 4. The largest absolute Gasteiger partial charge is 0.484 e. The minimum Gasteiger partial charge on any atom is -0.484 e. The molecule has 6 nitrogen and oxygen atoms in total. The Hall–Kier alpha value is -2.86. The van der Waals surface area contributed by atoms with E-state index in [-0.39, 0.29) is 31.4 Å². The molecule has 2 aromatic rings. The summed E-state index contributed by atoms with van der Waals surface area (Å²) in [6, 6.07) is 14.6. The van der Waals surface area contributed by atoms with Gasteiger partial charge in [-0.2, -0.15) is 0 Å². The van der Waals surface area contributed by atoms with E-state index in [1.54, 1.807) is 24.3 Å². The fourth-order valence-electron chi connectivity index (χ4n) is 2.20. The van der Waals surface area contributed by atoms with Crippen molar-refractivity contribution < 1.29 is 14.3 Å². The van der Waals surface area contributed by atoms with E-state index < -0.39 is 0 Å². The monoisotopic (exact) mass is 341 g/mol. The van der Waals surface area contributed by atoms with Gasteiger partial charge in [0.25, 0.3) is 5.91 Å². The maximum Gasteiger partial charge on any atom is 0.262 e. The van der Waals surface area contributed by atoms with Crippen LogP contribution in [-0.2, 0) is 16.0 Å². The summed E-state index contributed by atoms with van der Waals surface area (Å²) < 4.78 is 5.48. The van der Waals surface area contributed by atoms with E-state index in [4.69, 9.17) is 10.5 Å². The smallest absolute Gasteiger partial charge is 0.262 e. The number of carbonyl (C=O) groups excluding carboxylic acids is 2. The molecule has 0 aliphatic heterocycles. The molecule has 25 heavy (non-hydrogen) atoms. The SMILES string of the molecule is CCc1ccc(OCC(=O)Nc2ccccc2NC(=O)CCN)cc1. The molecule has 132 valence electrons. The highest BCUT2D eigenvalue weighted by Gasteiger charge is 2.09. The van der Waals surface area contributed by atoms with Gasteiger partial charge in [-0.15, -0.1) is 0 Å². The van der Waals surface area contributed by atoms with Crippen LogP contribution in [0.3, 0.4) is 0 Å². The van der Waals surface area contributed by atoms with E-state index in [0.717, 1.165) is 6.42 Å². The van der Waals surface area contributed by atoms with Crippen LogP contribution in [0.25, 0.3) is 0 Å². The molecule has 6 heteroatoms. The second-order valence-electron chi connectivity index (χ2n) is 5.47. The number of ether oxygens (including phenoxy) is 1. The third kappa shape index (κ3) is 5.93. The van der Waals surface area contributed by atoms with Crippen molar-refractivity contribution in [3.63, 3.8) is 0 Å². The zero-order valence-electron chi connectivity index (χ0n) is 14.2. The first-order valence-corrected chi connectivity index (χ1v) is 8.23. The Bertz CT molecular complexity index is 714. The van der Waals surface area contributed by atoms with Crippen molar-refractivity contribution in [2.24, 2.45) is 5.73 Å². The quantitative estimate of drug-likeness (QED) is 0.688. The Morgan fingerprint density at radius 1 is 0.960 bits per heavy atom. The number of rotatable bonds is 8. The van der Waals surface area contributed by atoms with Gasteiger partial charge in [-0.3, -0.25) is 9.59 Å². The molecule has 0 fully saturated rings. The zero-order valence-corrected chi connectivity index (χ0v) is 14.2. The molecule has 0 heterocycles. The third-order valence-electron chi connectivity index (χ3n) is 3.55. The number of amides is 2. The Morgan fingerprint density at radius 3 is 2.12 bits per heavy atom. The summed E-state index contributed by atoms with van der Waals surface area (Å²) >= 11 is 0. The van der Waals surface area contributed by atoms with Crippen LogP contribution in [-0.4, -0.2) is 25.0 Å². The summed E-state index contributed by atoms with van der Waals surface area (Å²) in [6.07, 6.45) is 1.17. The third-order valence-corrected chi connectivity index (χ3v) is 3.55. The molecule has 0 aromatic heterocycles. The van der Waals surface area contributed by atoms with Gasteiger partial charge in [0.05, 0.1) is 11.4 Å². The van der Waals surface area contributed by atoms with Crippen molar-refractivity contribution in [1.29, 1.82) is 0 Å². The number of nitrogens with one attached hydrogen (secondary N) is 2. The highest BCUT2D eigenvalue weighted by Crippen LogP contribution is 2.21. The average Bonchev–Trinajstić information content (AvgIpc) is 2.62. The number of nitrogens with two attached hydrogens (primary N) is 1. The predicted molar refractivity (Wildman–Crippen MR) is 98.7 cm³/mol. The lowest BCUT2D eigenvalue weighted by Gasteiger charge is -2.12. The Kier molecular flexibility index (Phi) is 6.98. The fraction of sp³-hybridized carbons (Fsp3) is 0.263. The van der Waals surface area contributed by atoms with Gasteiger partial charge in [0, 0.05) is 13.0 Å². The molecule has 0 saturated heterocycles. The molecule has 4 N–H and O–H groups in total. The van der Waals surface area contributed by atoms with Crippen LogP contribution >= 0.6 is 0 Å². The summed E-state index contributed by atoms with van der Waals surface area (Å²) in [7, 11) is 0. The van der Waals surface area contributed by atoms with Gasteiger partial charge in [-0.25, -0.2) is 0 Å². The Morgan fingerprint density at radius 2 is 1.56 bits per heavy atom. The Balaban J connectivity index is 1.92. The van der Waals surface area contributed by atoms with Crippen LogP contribution in [0.15, 0.2) is 48.5 Å². The van der Waals surface area contributed by atoms with Crippen LogP contribution in [0.2, 0.25) is 0 Å². The van der Waals surface area contributed by atoms with Gasteiger partial charge < -0.3 is 21.1 Å². The first kappa shape index (κ1) is 18.5. The van der Waals surface area contributed by atoms with E-state index >= 15 is 0 Å². The molecule has 2 rings (SSSR count). The van der Waals surface area contributed by atoms with Gasteiger partial charge in [-0.05, 0) is 36.2 Å². The standard InChI is InChI=1S/C19H23N3O3/c1-2-14-7-9-15(10-8-14)25-13-19(24)22-17-6-4-3-5-16(17)21-18(23)11-12-20/h3-10H,2,11-13,20H2,1H3,(H,21,23)(H,22,24).